The maximum absolute atomic E-state index is 12.2. The molecule has 3 N–H and O–H groups in total. The highest BCUT2D eigenvalue weighted by molar-refractivity contribution is 6.40. The molecule has 1 fully saturated rings. The topological polar surface area (TPSA) is 58.4 Å². The molecule has 21 heavy (non-hydrogen) atoms. The van der Waals surface area contributed by atoms with E-state index in [1.165, 1.54) is 25.7 Å². The number of benzene rings is 1. The van der Waals surface area contributed by atoms with E-state index in [0.29, 0.717) is 34.0 Å². The standard InChI is InChI=1S/C15H21Cl2N3O/c1-2-20(11-5-3-4-6-11)9-14(21)19-15-12(16)7-10(18)8-13(15)17/h7-8,11H,2-6,9,18H2,1H3,(H,19,21). The number of anilines is 2. The zero-order chi connectivity index (χ0) is 15.4. The second-order valence-corrected chi connectivity index (χ2v) is 6.22. The van der Waals surface area contributed by atoms with Gasteiger partial charge in [0, 0.05) is 11.7 Å². The van der Waals surface area contributed by atoms with Gasteiger partial charge in [0.2, 0.25) is 5.91 Å². The molecule has 0 bridgehead atoms. The van der Waals surface area contributed by atoms with Crippen LogP contribution < -0.4 is 11.1 Å². The van der Waals surface area contributed by atoms with Crippen molar-refractivity contribution in [2.24, 2.45) is 0 Å². The van der Waals surface area contributed by atoms with Gasteiger partial charge in [-0.1, -0.05) is 43.0 Å². The van der Waals surface area contributed by atoms with E-state index in [4.69, 9.17) is 28.9 Å². The number of hydrogen-bond acceptors (Lipinski definition) is 3. The number of carbonyl (C=O) groups is 1. The average molecular weight is 330 g/mol. The fourth-order valence-electron chi connectivity index (χ4n) is 2.84. The van der Waals surface area contributed by atoms with Gasteiger partial charge in [-0.2, -0.15) is 0 Å². The number of nitrogen functional groups attached to an aromatic ring is 1. The normalized spacial score (nSPS) is 15.6. The van der Waals surface area contributed by atoms with E-state index in [1.54, 1.807) is 12.1 Å². The molecule has 0 heterocycles. The first kappa shape index (κ1) is 16.4. The lowest BCUT2D eigenvalue weighted by Crippen LogP contribution is -2.39. The number of likely N-dealkylation sites (N-methyl/N-ethyl adjacent to an activating group) is 1. The van der Waals surface area contributed by atoms with Crippen molar-refractivity contribution in [3.63, 3.8) is 0 Å². The molecule has 1 aromatic rings. The van der Waals surface area contributed by atoms with Crippen molar-refractivity contribution in [1.29, 1.82) is 0 Å². The first-order valence-electron chi connectivity index (χ1n) is 7.29. The smallest absolute Gasteiger partial charge is 0.238 e. The number of amides is 1. The fourth-order valence-corrected chi connectivity index (χ4v) is 3.44. The number of halogens is 2. The minimum absolute atomic E-state index is 0.0997. The number of carbonyl (C=O) groups excluding carboxylic acids is 1. The summed E-state index contributed by atoms with van der Waals surface area (Å²) in [6, 6.07) is 3.67. The van der Waals surface area contributed by atoms with Crippen LogP contribution in [0.1, 0.15) is 32.6 Å². The van der Waals surface area contributed by atoms with E-state index in [-0.39, 0.29) is 5.91 Å². The third-order valence-electron chi connectivity index (χ3n) is 3.92. The third kappa shape index (κ3) is 4.25. The lowest BCUT2D eigenvalue weighted by atomic mass is 10.2. The summed E-state index contributed by atoms with van der Waals surface area (Å²) in [7, 11) is 0. The van der Waals surface area contributed by atoms with Crippen LogP contribution in [0.2, 0.25) is 10.0 Å². The van der Waals surface area contributed by atoms with Gasteiger partial charge in [0.25, 0.3) is 0 Å². The number of nitrogens with two attached hydrogens (primary N) is 1. The molecule has 1 aliphatic rings. The lowest BCUT2D eigenvalue weighted by molar-refractivity contribution is -0.117. The molecular formula is C15H21Cl2N3O. The largest absolute Gasteiger partial charge is 0.399 e. The molecule has 116 valence electrons. The quantitative estimate of drug-likeness (QED) is 0.808. The van der Waals surface area contributed by atoms with Gasteiger partial charge in [-0.3, -0.25) is 9.69 Å². The Hall–Kier alpha value is -0.970. The van der Waals surface area contributed by atoms with Gasteiger partial charge in [0.1, 0.15) is 0 Å². The van der Waals surface area contributed by atoms with Crippen molar-refractivity contribution in [2.45, 2.75) is 38.6 Å². The van der Waals surface area contributed by atoms with Crippen molar-refractivity contribution in [3.8, 4) is 0 Å². The Morgan fingerprint density at radius 3 is 2.43 bits per heavy atom. The molecule has 0 atom stereocenters. The number of nitrogens with zero attached hydrogens (tertiary/aromatic N) is 1. The Kier molecular flexibility index (Phi) is 5.73. The van der Waals surface area contributed by atoms with Crippen LogP contribution in [0.25, 0.3) is 0 Å². The van der Waals surface area contributed by atoms with E-state index in [0.717, 1.165) is 6.54 Å². The maximum Gasteiger partial charge on any atom is 0.238 e. The highest BCUT2D eigenvalue weighted by atomic mass is 35.5. The Bertz CT molecular complexity index is 493. The molecule has 1 aliphatic carbocycles. The van der Waals surface area contributed by atoms with E-state index < -0.39 is 0 Å². The summed E-state index contributed by atoms with van der Waals surface area (Å²) in [6.45, 7) is 3.30. The summed E-state index contributed by atoms with van der Waals surface area (Å²) in [6.07, 6.45) is 4.84. The molecule has 0 saturated heterocycles. The molecule has 2 rings (SSSR count). The predicted molar refractivity (Wildman–Crippen MR) is 89.0 cm³/mol. The summed E-state index contributed by atoms with van der Waals surface area (Å²) < 4.78 is 0. The highest BCUT2D eigenvalue weighted by Crippen LogP contribution is 2.33. The van der Waals surface area contributed by atoms with Crippen molar-refractivity contribution < 1.29 is 4.79 Å². The molecule has 1 saturated carbocycles. The monoisotopic (exact) mass is 329 g/mol. The van der Waals surface area contributed by atoms with Gasteiger partial charge in [-0.05, 0) is 31.5 Å². The van der Waals surface area contributed by atoms with Crippen LogP contribution in [0.15, 0.2) is 12.1 Å². The second kappa shape index (κ2) is 7.34. The summed E-state index contributed by atoms with van der Waals surface area (Å²) in [5, 5.41) is 3.51. The molecule has 0 spiro atoms. The first-order valence-corrected chi connectivity index (χ1v) is 8.05. The highest BCUT2D eigenvalue weighted by Gasteiger charge is 2.23. The summed E-state index contributed by atoms with van der Waals surface area (Å²) in [5.41, 5.74) is 6.56. The molecule has 1 amide bonds. The minimum Gasteiger partial charge on any atom is -0.399 e. The molecule has 0 aliphatic heterocycles. The van der Waals surface area contributed by atoms with Crippen LogP contribution in [0.3, 0.4) is 0 Å². The van der Waals surface area contributed by atoms with E-state index in [9.17, 15) is 4.79 Å². The summed E-state index contributed by atoms with van der Waals surface area (Å²) in [5.74, 6) is -0.0997. The van der Waals surface area contributed by atoms with Gasteiger partial charge >= 0.3 is 0 Å². The van der Waals surface area contributed by atoms with Gasteiger partial charge < -0.3 is 11.1 Å². The van der Waals surface area contributed by atoms with Gasteiger partial charge in [0.05, 0.1) is 22.3 Å². The van der Waals surface area contributed by atoms with Crippen molar-refractivity contribution in [2.75, 3.05) is 24.1 Å². The van der Waals surface area contributed by atoms with Crippen LogP contribution in [0, 0.1) is 0 Å². The molecule has 0 radical (unpaired) electrons. The Labute approximate surface area is 135 Å². The molecular weight excluding hydrogens is 309 g/mol. The van der Waals surface area contributed by atoms with Gasteiger partial charge in [-0.15, -0.1) is 0 Å². The molecule has 0 unspecified atom stereocenters. The molecule has 0 aromatic heterocycles. The lowest BCUT2D eigenvalue weighted by Gasteiger charge is -2.26. The number of nitrogens with one attached hydrogen (secondary N) is 1. The second-order valence-electron chi connectivity index (χ2n) is 5.41. The molecule has 4 nitrogen and oxygen atoms in total. The molecule has 6 heteroatoms. The first-order chi connectivity index (χ1) is 10.0. The van der Waals surface area contributed by atoms with Crippen LogP contribution in [-0.2, 0) is 4.79 Å². The van der Waals surface area contributed by atoms with E-state index in [1.807, 2.05) is 0 Å². The SMILES string of the molecule is CCN(CC(=O)Nc1c(Cl)cc(N)cc1Cl)C1CCCC1. The van der Waals surface area contributed by atoms with Crippen LogP contribution in [0.5, 0.6) is 0 Å². The van der Waals surface area contributed by atoms with E-state index >= 15 is 0 Å². The zero-order valence-electron chi connectivity index (χ0n) is 12.2. The van der Waals surface area contributed by atoms with Crippen molar-refractivity contribution in [3.05, 3.63) is 22.2 Å². The molecule has 1 aromatic carbocycles. The van der Waals surface area contributed by atoms with E-state index in [2.05, 4.69) is 17.1 Å². The van der Waals surface area contributed by atoms with Crippen molar-refractivity contribution >= 4 is 40.5 Å². The zero-order valence-corrected chi connectivity index (χ0v) is 13.7. The van der Waals surface area contributed by atoms with Gasteiger partial charge in [0.15, 0.2) is 0 Å². The minimum atomic E-state index is -0.0997. The fraction of sp³-hybridized carbons (Fsp3) is 0.533. The predicted octanol–water partition coefficient (Wildman–Crippen LogP) is 3.78. The van der Waals surface area contributed by atoms with Crippen LogP contribution in [-0.4, -0.2) is 29.9 Å². The summed E-state index contributed by atoms with van der Waals surface area (Å²) in [4.78, 5) is 14.4. The Morgan fingerprint density at radius 2 is 1.90 bits per heavy atom. The van der Waals surface area contributed by atoms with Crippen LogP contribution in [0.4, 0.5) is 11.4 Å². The van der Waals surface area contributed by atoms with Crippen LogP contribution >= 0.6 is 23.2 Å². The Balaban J connectivity index is 2.01. The summed E-state index contributed by atoms with van der Waals surface area (Å²) >= 11 is 12.2. The average Bonchev–Trinajstić information content (AvgIpc) is 2.94. The third-order valence-corrected chi connectivity index (χ3v) is 4.52. The van der Waals surface area contributed by atoms with Gasteiger partial charge in [-0.25, -0.2) is 0 Å². The maximum atomic E-state index is 12.2. The van der Waals surface area contributed by atoms with Crippen molar-refractivity contribution in [1.82, 2.24) is 4.90 Å². The number of hydrogen-bond donors (Lipinski definition) is 2. The number of rotatable bonds is 5. The Morgan fingerprint density at radius 1 is 1.33 bits per heavy atom.